The molecule has 15 heteroatoms. The van der Waals surface area contributed by atoms with Gasteiger partial charge in [0.1, 0.15) is 36.4 Å². The van der Waals surface area contributed by atoms with Gasteiger partial charge in [-0.1, -0.05) is 12.1 Å². The van der Waals surface area contributed by atoms with Crippen LogP contribution in [-0.4, -0.2) is 67.8 Å². The number of ether oxygens (including phenoxy) is 2. The Bertz CT molecular complexity index is 1170. The molecule has 1 aromatic carbocycles. The number of hydrogen-bond donors (Lipinski definition) is 4. The summed E-state index contributed by atoms with van der Waals surface area (Å²) in [6, 6.07) is -3.58. The topological polar surface area (TPSA) is 204 Å². The van der Waals surface area contributed by atoms with Crippen molar-refractivity contribution in [1.29, 1.82) is 0 Å². The summed E-state index contributed by atoms with van der Waals surface area (Å²) in [5, 5.41) is 53.2. The summed E-state index contributed by atoms with van der Waals surface area (Å²) in [5.41, 5.74) is -0.842. The molecule has 31 heavy (non-hydrogen) atoms. The van der Waals surface area contributed by atoms with Crippen LogP contribution < -0.4 is 44.7 Å². The van der Waals surface area contributed by atoms with Crippen LogP contribution >= 0.6 is 11.3 Å². The van der Waals surface area contributed by atoms with E-state index in [2.05, 4.69) is 10.3 Å². The van der Waals surface area contributed by atoms with Gasteiger partial charge in [0, 0.05) is 0 Å². The number of benzene rings is 1. The number of aliphatic hydroxyl groups is 3. The van der Waals surface area contributed by atoms with Crippen molar-refractivity contribution >= 4 is 33.3 Å². The van der Waals surface area contributed by atoms with Gasteiger partial charge in [0.25, 0.3) is 5.91 Å². The van der Waals surface area contributed by atoms with Gasteiger partial charge < -0.3 is 34.7 Å². The predicted octanol–water partition coefficient (Wildman–Crippen LogP) is -4.76. The van der Waals surface area contributed by atoms with Gasteiger partial charge in [0.05, 0.1) is 21.9 Å². The van der Waals surface area contributed by atoms with Crippen LogP contribution in [0.4, 0.5) is 10.1 Å². The minimum atomic E-state index is -2.19. The number of anilines is 1. The first-order chi connectivity index (χ1) is 15.8. The van der Waals surface area contributed by atoms with Crippen molar-refractivity contribution in [2.75, 3.05) is 5.32 Å². The zero-order valence-electron chi connectivity index (χ0n) is 19.5. The molecule has 2 aromatic rings. The number of para-hydroxylation sites is 1. The number of hydrogen-bond acceptors (Lipinski definition) is 12. The number of nitrogens with zero attached hydrogens (tertiary/aromatic N) is 2. The number of amides is 1. The second kappa shape index (κ2) is 10.4. The minimum Gasteiger partial charge on any atom is -0.547 e. The quantitative estimate of drug-likeness (QED) is 0.180. The van der Waals surface area contributed by atoms with E-state index in [1.165, 1.54) is 0 Å². The third kappa shape index (κ3) is 5.55. The van der Waals surface area contributed by atoms with Crippen molar-refractivity contribution in [3.63, 3.8) is 0 Å². The van der Waals surface area contributed by atoms with Crippen molar-refractivity contribution in [3.05, 3.63) is 46.0 Å². The predicted molar refractivity (Wildman–Crippen MR) is 95.5 cm³/mol. The minimum absolute atomic E-state index is 0. The molecule has 5 unspecified atom stereocenters. The molecule has 3 rings (SSSR count). The molecule has 13 nitrogen and oxygen atoms in total. The first kappa shape index (κ1) is 19.5. The smallest absolute Gasteiger partial charge is 0.547 e. The zero-order valence-corrected chi connectivity index (χ0v) is 18.3. The van der Waals surface area contributed by atoms with Crippen molar-refractivity contribution in [3.8, 4) is 5.75 Å². The number of nitro groups is 1. The van der Waals surface area contributed by atoms with E-state index in [-0.39, 0.29) is 34.7 Å². The number of nitrogens with one attached hydrogen (secondary N) is 1. The summed E-state index contributed by atoms with van der Waals surface area (Å²) in [7, 11) is 0. The normalized spacial score (nSPS) is 27.0. The van der Waals surface area contributed by atoms with Gasteiger partial charge >= 0.3 is 34.6 Å². The van der Waals surface area contributed by atoms with Gasteiger partial charge in [-0.15, -0.1) is 0 Å². The fraction of sp³-hybridized carbons (Fsp3) is 0.312. The fourth-order valence-electron chi connectivity index (χ4n) is 2.37. The van der Waals surface area contributed by atoms with Gasteiger partial charge in [-0.25, -0.2) is 4.98 Å². The molecule has 0 aliphatic carbocycles. The molecule has 2 heterocycles. The van der Waals surface area contributed by atoms with E-state index < -0.39 is 88.0 Å². The zero-order chi connectivity index (χ0) is 25.5. The maximum absolute atomic E-state index is 12.8. The third-order valence-corrected chi connectivity index (χ3v) is 4.67. The Labute approximate surface area is 205 Å². The van der Waals surface area contributed by atoms with Crippen molar-refractivity contribution in [1.82, 2.24) is 4.98 Å². The van der Waals surface area contributed by atoms with Gasteiger partial charge in [-0.2, -0.15) is 0 Å². The van der Waals surface area contributed by atoms with Crippen molar-refractivity contribution in [2.45, 2.75) is 30.7 Å². The summed E-state index contributed by atoms with van der Waals surface area (Å²) >= 11 is 0.455. The maximum Gasteiger partial charge on any atom is 1.00 e. The Hall–Kier alpha value is -2.17. The Morgan fingerprint density at radius 2 is 1.94 bits per heavy atom. The number of aliphatic carboxylic acids is 1. The van der Waals surface area contributed by atoms with Crippen molar-refractivity contribution < 1.29 is 79.5 Å². The van der Waals surface area contributed by atoms with Crippen LogP contribution in [0, 0.1) is 10.1 Å². The second-order valence-corrected chi connectivity index (χ2v) is 6.76. The number of carboxylic acid groups (broad SMARTS) is 1. The summed E-state index contributed by atoms with van der Waals surface area (Å²) in [6.45, 7) is 0. The maximum atomic E-state index is 12.8. The molecule has 0 bridgehead atoms. The molecule has 5 atom stereocenters. The Balaban J connectivity index is 0.00000432. The molecule has 4 N–H and O–H groups in total. The fourth-order valence-corrected chi connectivity index (χ4v) is 3.00. The molecule has 0 spiro atoms. The molecule has 1 aliphatic heterocycles. The molecule has 1 amide bonds. The first-order valence-electron chi connectivity index (χ1n) is 9.94. The van der Waals surface area contributed by atoms with E-state index in [9.17, 15) is 40.1 Å². The van der Waals surface area contributed by atoms with E-state index in [1.807, 2.05) is 0 Å². The molecule has 0 saturated carbocycles. The SMILES string of the molecule is [2H]c1c([2H])c([2H])c(C(=O)Nc2ncc([N+](=O)[O-])s2)c(OC2OC(C(=O)[O-])C(O)C(O)C2O)c1[2H].[Na+]. The average molecular weight is 467 g/mol. The number of rotatable bonds is 6. The summed E-state index contributed by atoms with van der Waals surface area (Å²) < 4.78 is 41.8. The van der Waals surface area contributed by atoms with E-state index in [0.29, 0.717) is 11.3 Å². The summed E-state index contributed by atoms with van der Waals surface area (Å²) in [6.07, 6.45) is -9.81. The van der Waals surface area contributed by atoms with Gasteiger partial charge in [-0.3, -0.25) is 20.2 Å². The number of aliphatic hydroxyl groups excluding tert-OH is 3. The molecule has 1 fully saturated rings. The van der Waals surface area contributed by atoms with E-state index in [0.717, 1.165) is 6.20 Å². The molecule has 0 radical (unpaired) electrons. The second-order valence-electron chi connectivity index (χ2n) is 5.75. The largest absolute Gasteiger partial charge is 1.00 e. The van der Waals surface area contributed by atoms with Crippen LogP contribution in [-0.2, 0) is 9.53 Å². The number of thiazole rings is 1. The molecular formula is C16H14N3NaO10S. The van der Waals surface area contributed by atoms with Crippen LogP contribution in [0.3, 0.4) is 0 Å². The number of carbonyl (C=O) groups is 2. The molecule has 160 valence electrons. The van der Waals surface area contributed by atoms with Gasteiger partial charge in [-0.05, 0) is 23.4 Å². The monoisotopic (exact) mass is 467 g/mol. The molecular weight excluding hydrogens is 449 g/mol. The van der Waals surface area contributed by atoms with E-state index in [1.54, 1.807) is 0 Å². The van der Waals surface area contributed by atoms with Crippen LogP contribution in [0.15, 0.2) is 30.4 Å². The Kier molecular flexibility index (Phi) is 6.56. The van der Waals surface area contributed by atoms with Crippen LogP contribution in [0.25, 0.3) is 0 Å². The van der Waals surface area contributed by atoms with Gasteiger partial charge in [0.2, 0.25) is 6.29 Å². The van der Waals surface area contributed by atoms with Crippen LogP contribution in [0.1, 0.15) is 15.8 Å². The Morgan fingerprint density at radius 1 is 1.26 bits per heavy atom. The van der Waals surface area contributed by atoms with Crippen LogP contribution in [0.2, 0.25) is 0 Å². The van der Waals surface area contributed by atoms with Gasteiger partial charge in [0.15, 0.2) is 5.13 Å². The van der Waals surface area contributed by atoms with E-state index in [4.69, 9.17) is 15.0 Å². The van der Waals surface area contributed by atoms with Crippen molar-refractivity contribution in [2.24, 2.45) is 0 Å². The number of aromatic nitrogens is 1. The average Bonchev–Trinajstić information content (AvgIpc) is 3.24. The summed E-state index contributed by atoms with van der Waals surface area (Å²) in [4.78, 5) is 37.6. The number of carbonyl (C=O) groups excluding carboxylic acids is 2. The molecule has 1 aromatic heterocycles. The summed E-state index contributed by atoms with van der Waals surface area (Å²) in [5.74, 6) is -4.13. The van der Waals surface area contributed by atoms with Crippen LogP contribution in [0.5, 0.6) is 5.75 Å². The standard InChI is InChI=1S/C16H15N3O10S.Na/c20-9-10(21)12(14(24)25)29-15(11(9)22)28-7-4-2-1-3-6(7)13(23)18-16-17-5-8(30-16)19(26)27;/h1-5,9-12,15,20-22H,(H,24,25)(H,17,18,23);/q;+1/p-1/i1D,2D,3D,4D;. The molecule has 1 saturated heterocycles. The molecule has 1 aliphatic rings. The van der Waals surface area contributed by atoms with E-state index >= 15 is 0 Å². The Morgan fingerprint density at radius 3 is 2.55 bits per heavy atom. The number of carboxylic acids is 1. The first-order valence-corrected chi connectivity index (χ1v) is 8.75. The third-order valence-electron chi connectivity index (χ3n) is 3.81.